The smallest absolute Gasteiger partial charge is 0.0705 e. The van der Waals surface area contributed by atoms with Gasteiger partial charge in [-0.2, -0.15) is 0 Å². The van der Waals surface area contributed by atoms with Gasteiger partial charge in [-0.3, -0.25) is 9.97 Å². The zero-order valence-corrected chi connectivity index (χ0v) is 18.7. The van der Waals surface area contributed by atoms with E-state index in [1.165, 1.54) is 44.1 Å². The predicted octanol–water partition coefficient (Wildman–Crippen LogP) is 6.94. The summed E-state index contributed by atoms with van der Waals surface area (Å²) in [6.45, 7) is 4.43. The molecule has 0 atom stereocenters. The van der Waals surface area contributed by atoms with E-state index < -0.39 is 0 Å². The summed E-state index contributed by atoms with van der Waals surface area (Å²) in [7, 11) is 0. The molecule has 7 rings (SSSR count). The lowest BCUT2D eigenvalue weighted by Crippen LogP contribution is -2.48. The highest BCUT2D eigenvalue weighted by Gasteiger charge is 2.51. The van der Waals surface area contributed by atoms with Gasteiger partial charge >= 0.3 is 0 Å². The van der Waals surface area contributed by atoms with Gasteiger partial charge in [0.15, 0.2) is 0 Å². The Hall–Kier alpha value is -2.48. The lowest BCUT2D eigenvalue weighted by molar-refractivity contribution is -0.00516. The Labute approximate surface area is 186 Å². The molecule has 2 heteroatoms. The molecule has 2 aromatic heterocycles. The molecule has 31 heavy (non-hydrogen) atoms. The summed E-state index contributed by atoms with van der Waals surface area (Å²) < 4.78 is 0. The molecule has 4 fully saturated rings. The van der Waals surface area contributed by atoms with Crippen molar-refractivity contribution in [3.05, 3.63) is 83.8 Å². The van der Waals surface area contributed by atoms with Crippen molar-refractivity contribution >= 4 is 0 Å². The summed E-state index contributed by atoms with van der Waals surface area (Å²) in [6, 6.07) is 22.0. The van der Waals surface area contributed by atoms with Gasteiger partial charge in [0.05, 0.1) is 17.1 Å². The molecule has 0 spiro atoms. The first-order valence-electron chi connectivity index (χ1n) is 12.0. The highest BCUT2D eigenvalue weighted by atomic mass is 14.8. The minimum absolute atomic E-state index is 0.227. The predicted molar refractivity (Wildman–Crippen MR) is 126 cm³/mol. The van der Waals surface area contributed by atoms with Gasteiger partial charge in [0.2, 0.25) is 0 Å². The largest absolute Gasteiger partial charge is 0.260 e. The summed E-state index contributed by atoms with van der Waals surface area (Å²) in [5.74, 6) is 2.90. The Morgan fingerprint density at radius 3 is 2.13 bits per heavy atom. The van der Waals surface area contributed by atoms with Crippen LogP contribution in [0.3, 0.4) is 0 Å². The van der Waals surface area contributed by atoms with Gasteiger partial charge in [-0.05, 0) is 111 Å². The first-order valence-corrected chi connectivity index (χ1v) is 12.0. The highest BCUT2D eigenvalue weighted by Crippen LogP contribution is 2.60. The van der Waals surface area contributed by atoms with Crippen LogP contribution in [0.25, 0.3) is 11.3 Å². The van der Waals surface area contributed by atoms with Gasteiger partial charge in [-0.15, -0.1) is 0 Å². The van der Waals surface area contributed by atoms with Crippen LogP contribution < -0.4 is 0 Å². The monoisotopic (exact) mass is 408 g/mol. The van der Waals surface area contributed by atoms with E-state index in [0.717, 1.165) is 34.8 Å². The van der Waals surface area contributed by atoms with Gasteiger partial charge in [-0.1, -0.05) is 30.3 Å². The first kappa shape index (κ1) is 19.2. The fourth-order valence-electron chi connectivity index (χ4n) is 7.28. The number of hydrogen-bond acceptors (Lipinski definition) is 2. The fourth-order valence-corrected chi connectivity index (χ4v) is 7.28. The maximum absolute atomic E-state index is 5.14. The van der Waals surface area contributed by atoms with Crippen LogP contribution in [0.2, 0.25) is 0 Å². The SMILES string of the molecule is CC(C)(c1ccccn1)c1cccc(-c2cccc(C34CC5CC(CC(C5)C3)C4)c2)n1. The van der Waals surface area contributed by atoms with Crippen molar-refractivity contribution in [1.82, 2.24) is 9.97 Å². The number of hydrogen-bond donors (Lipinski definition) is 0. The molecule has 158 valence electrons. The molecule has 3 aromatic rings. The third-order valence-electron chi connectivity index (χ3n) is 8.50. The quantitative estimate of drug-likeness (QED) is 0.467. The summed E-state index contributed by atoms with van der Waals surface area (Å²) >= 11 is 0. The van der Waals surface area contributed by atoms with Crippen LogP contribution >= 0.6 is 0 Å². The normalized spacial score (nSPS) is 29.3. The van der Waals surface area contributed by atoms with Crippen molar-refractivity contribution in [2.75, 3.05) is 0 Å². The number of pyridine rings is 2. The molecular weight excluding hydrogens is 376 g/mol. The van der Waals surface area contributed by atoms with Crippen LogP contribution in [0.5, 0.6) is 0 Å². The maximum Gasteiger partial charge on any atom is 0.0705 e. The zero-order valence-electron chi connectivity index (χ0n) is 18.7. The molecule has 0 radical (unpaired) electrons. The molecular formula is C29H32N2. The molecule has 4 bridgehead atoms. The summed E-state index contributed by atoms with van der Waals surface area (Å²) in [6.07, 6.45) is 10.6. The minimum Gasteiger partial charge on any atom is -0.260 e. The van der Waals surface area contributed by atoms with Crippen LogP contribution in [-0.2, 0) is 10.8 Å². The molecule has 0 unspecified atom stereocenters. The number of rotatable bonds is 4. The molecule has 4 saturated carbocycles. The van der Waals surface area contributed by atoms with Gasteiger partial charge in [-0.25, -0.2) is 0 Å². The van der Waals surface area contributed by atoms with E-state index in [-0.39, 0.29) is 5.41 Å². The lowest BCUT2D eigenvalue weighted by Gasteiger charge is -2.57. The minimum atomic E-state index is -0.227. The number of benzene rings is 1. The molecule has 4 aliphatic rings. The number of nitrogens with zero attached hydrogens (tertiary/aromatic N) is 2. The second-order valence-corrected chi connectivity index (χ2v) is 11.0. The van der Waals surface area contributed by atoms with Crippen molar-refractivity contribution in [2.24, 2.45) is 17.8 Å². The van der Waals surface area contributed by atoms with Crippen LogP contribution in [-0.4, -0.2) is 9.97 Å². The van der Waals surface area contributed by atoms with Gasteiger partial charge in [0, 0.05) is 17.2 Å². The molecule has 1 aromatic carbocycles. The molecule has 0 saturated heterocycles. The van der Waals surface area contributed by atoms with Crippen molar-refractivity contribution in [2.45, 2.75) is 63.2 Å². The lowest BCUT2D eigenvalue weighted by atomic mass is 9.48. The van der Waals surface area contributed by atoms with Crippen molar-refractivity contribution in [1.29, 1.82) is 0 Å². The third kappa shape index (κ3) is 3.23. The Morgan fingerprint density at radius 2 is 1.45 bits per heavy atom. The molecule has 2 nitrogen and oxygen atoms in total. The van der Waals surface area contributed by atoms with E-state index >= 15 is 0 Å². The maximum atomic E-state index is 5.14. The van der Waals surface area contributed by atoms with E-state index in [1.54, 1.807) is 5.56 Å². The van der Waals surface area contributed by atoms with Crippen molar-refractivity contribution < 1.29 is 0 Å². The van der Waals surface area contributed by atoms with Crippen LogP contribution in [0.15, 0.2) is 66.9 Å². The summed E-state index contributed by atoms with van der Waals surface area (Å²) in [4.78, 5) is 9.75. The second-order valence-electron chi connectivity index (χ2n) is 11.0. The zero-order chi connectivity index (χ0) is 21.1. The van der Waals surface area contributed by atoms with E-state index in [2.05, 4.69) is 73.4 Å². The third-order valence-corrected chi connectivity index (χ3v) is 8.50. The molecule has 0 amide bonds. The topological polar surface area (TPSA) is 25.8 Å². The van der Waals surface area contributed by atoms with E-state index in [0.29, 0.717) is 5.41 Å². The Morgan fingerprint density at radius 1 is 0.774 bits per heavy atom. The highest BCUT2D eigenvalue weighted by molar-refractivity contribution is 5.61. The van der Waals surface area contributed by atoms with Crippen LogP contribution in [0.1, 0.15) is 69.3 Å². The second kappa shape index (κ2) is 7.02. The Balaban J connectivity index is 1.36. The summed E-state index contributed by atoms with van der Waals surface area (Å²) in [5, 5.41) is 0. The average Bonchev–Trinajstić information content (AvgIpc) is 2.79. The van der Waals surface area contributed by atoms with Crippen LogP contribution in [0.4, 0.5) is 0 Å². The molecule has 0 N–H and O–H groups in total. The average molecular weight is 409 g/mol. The molecule has 4 aliphatic carbocycles. The Bertz CT molecular complexity index is 1060. The first-order chi connectivity index (χ1) is 15.0. The van der Waals surface area contributed by atoms with E-state index in [9.17, 15) is 0 Å². The molecule has 2 heterocycles. The Kier molecular flexibility index (Phi) is 4.35. The molecule has 0 aliphatic heterocycles. The summed E-state index contributed by atoms with van der Waals surface area (Å²) in [5.41, 5.74) is 6.23. The number of aromatic nitrogens is 2. The van der Waals surface area contributed by atoms with E-state index in [1.807, 2.05) is 12.3 Å². The van der Waals surface area contributed by atoms with Gasteiger partial charge in [0.25, 0.3) is 0 Å². The fraction of sp³-hybridized carbons (Fsp3) is 0.448. The standard InChI is InChI=1S/C29H32N2/c1-28(2,26-10-3-4-12-30-26)27-11-6-9-25(31-27)23-7-5-8-24(16-23)29-17-20-13-21(18-29)15-22(14-20)19-29/h3-12,16,20-22H,13-15,17-19H2,1-2H3. The van der Waals surface area contributed by atoms with Gasteiger partial charge < -0.3 is 0 Å². The van der Waals surface area contributed by atoms with Gasteiger partial charge in [0.1, 0.15) is 0 Å². The van der Waals surface area contributed by atoms with E-state index in [4.69, 9.17) is 4.98 Å². The van der Waals surface area contributed by atoms with Crippen LogP contribution in [0, 0.1) is 17.8 Å². The van der Waals surface area contributed by atoms with Crippen molar-refractivity contribution in [3.63, 3.8) is 0 Å². The van der Waals surface area contributed by atoms with Crippen molar-refractivity contribution in [3.8, 4) is 11.3 Å².